The average molecular weight is 315 g/mol. The van der Waals surface area contributed by atoms with E-state index < -0.39 is 34.0 Å². The van der Waals surface area contributed by atoms with Crippen molar-refractivity contribution in [1.82, 2.24) is 0 Å². The zero-order valence-electron chi connectivity index (χ0n) is 19.9. The van der Waals surface area contributed by atoms with Crippen LogP contribution in [0.3, 0.4) is 0 Å². The van der Waals surface area contributed by atoms with Gasteiger partial charge in [-0.2, -0.15) is 0 Å². The first-order valence-electron chi connectivity index (χ1n) is 10.4. The van der Waals surface area contributed by atoms with Crippen LogP contribution in [-0.2, 0) is 9.09 Å². The summed E-state index contributed by atoms with van der Waals surface area (Å²) in [6, 6.07) is 14.7. The van der Waals surface area contributed by atoms with Gasteiger partial charge in [-0.25, -0.2) is 4.57 Å². The molecule has 0 aliphatic heterocycles. The second kappa shape index (κ2) is 7.87. The summed E-state index contributed by atoms with van der Waals surface area (Å²) in [6.07, 6.45) is -7.48. The molecule has 0 aliphatic carbocycles. The molecular weight excluding hydrogens is 287 g/mol. The zero-order valence-corrected chi connectivity index (χ0v) is 11.7. The molecule has 2 aromatic rings. The van der Waals surface area contributed by atoms with Gasteiger partial charge in [-0.15, -0.1) is 0 Å². The molecule has 21 heavy (non-hydrogen) atoms. The van der Waals surface area contributed by atoms with Gasteiger partial charge in [0, 0.05) is 9.60 Å². The summed E-state index contributed by atoms with van der Waals surface area (Å²) in [5.74, 6) is -0.126. The molecule has 0 amide bonds. The van der Waals surface area contributed by atoms with Gasteiger partial charge in [-0.3, -0.25) is 4.52 Å². The van der Waals surface area contributed by atoms with Crippen LogP contribution in [0.1, 0.15) is 31.9 Å². The maximum absolute atomic E-state index is 13.3. The van der Waals surface area contributed by atoms with Crippen LogP contribution < -0.4 is 9.05 Å². The third-order valence-electron chi connectivity index (χ3n) is 2.19. The van der Waals surface area contributed by atoms with Crippen molar-refractivity contribution in [2.45, 2.75) is 19.6 Å². The summed E-state index contributed by atoms with van der Waals surface area (Å²) in [4.78, 5) is 0. The minimum atomic E-state index is -4.97. The largest absolute Gasteiger partial charge is 0.587 e. The van der Waals surface area contributed by atoms with Crippen LogP contribution in [0.2, 0.25) is 0 Å². The first kappa shape index (κ1) is 7.48. The number of para-hydroxylation sites is 2. The molecule has 0 bridgehead atoms. The van der Waals surface area contributed by atoms with Crippen molar-refractivity contribution in [2.75, 3.05) is 6.56 Å². The third-order valence-corrected chi connectivity index (χ3v) is 3.38. The van der Waals surface area contributed by atoms with E-state index in [4.69, 9.17) is 25.9 Å². The van der Waals surface area contributed by atoms with E-state index in [0.717, 1.165) is 0 Å². The van der Waals surface area contributed by atoms with E-state index in [2.05, 4.69) is 0 Å². The Kier molecular flexibility index (Phi) is 2.80. The standard InChI is InChI=1S/C16H19O4P/c1-2-3-14-18-21(17,19-15-10-6-4-7-11-15)20-16-12-8-5-9-13-16/h4-13H,2-3,14H2,1H3/i1D3,2D2,3D2,14D2. The first-order chi connectivity index (χ1) is 13.6. The SMILES string of the molecule is [2H]C([2H])([2H])C([2H])([2H])C([2H])([2H])C([2H])([2H])OP(=O)(Oc1ccccc1)Oc1ccccc1. The summed E-state index contributed by atoms with van der Waals surface area (Å²) in [6.45, 7) is -7.28. The Hall–Kier alpha value is -1.77. The molecule has 0 radical (unpaired) electrons. The fraction of sp³-hybridized carbons (Fsp3) is 0.250. The zero-order chi connectivity index (χ0) is 22.8. The van der Waals surface area contributed by atoms with Gasteiger partial charge in [0.15, 0.2) is 0 Å². The Labute approximate surface area is 137 Å². The van der Waals surface area contributed by atoms with Gasteiger partial charge >= 0.3 is 7.82 Å². The van der Waals surface area contributed by atoms with Crippen molar-refractivity contribution in [3.63, 3.8) is 0 Å². The number of hydrogen-bond donors (Lipinski definition) is 0. The van der Waals surface area contributed by atoms with Crippen molar-refractivity contribution >= 4 is 7.82 Å². The second-order valence-electron chi connectivity index (χ2n) is 3.70. The molecule has 0 spiro atoms. The summed E-state index contributed by atoms with van der Waals surface area (Å²) in [5.41, 5.74) is 0. The van der Waals surface area contributed by atoms with Gasteiger partial charge in [0.05, 0.1) is 9.30 Å². The molecule has 0 aromatic heterocycles. The van der Waals surface area contributed by atoms with Crippen molar-refractivity contribution in [1.29, 1.82) is 0 Å². The highest BCUT2D eigenvalue weighted by Crippen LogP contribution is 2.49. The molecule has 0 saturated heterocycles. The van der Waals surface area contributed by atoms with E-state index >= 15 is 0 Å². The highest BCUT2D eigenvalue weighted by molar-refractivity contribution is 7.49. The Balaban J connectivity index is 2.44. The summed E-state index contributed by atoms with van der Waals surface area (Å²) < 4.78 is 96.7. The lowest BCUT2D eigenvalue weighted by molar-refractivity contribution is 0.207. The highest BCUT2D eigenvalue weighted by Gasteiger charge is 2.30. The topological polar surface area (TPSA) is 44.8 Å². The minimum Gasteiger partial charge on any atom is -0.395 e. The van der Waals surface area contributed by atoms with Crippen molar-refractivity contribution < 1.29 is 30.5 Å². The maximum Gasteiger partial charge on any atom is 0.587 e. The Morgan fingerprint density at radius 1 is 1.00 bits per heavy atom. The van der Waals surface area contributed by atoms with Crippen molar-refractivity contribution in [2.24, 2.45) is 0 Å². The molecule has 5 heteroatoms. The van der Waals surface area contributed by atoms with Gasteiger partial charge in [-0.05, 0) is 30.6 Å². The molecule has 0 heterocycles. The number of rotatable bonds is 8. The lowest BCUT2D eigenvalue weighted by atomic mass is 10.3. The third kappa shape index (κ3) is 5.25. The lowest BCUT2D eigenvalue weighted by Gasteiger charge is -2.18. The summed E-state index contributed by atoms with van der Waals surface area (Å²) in [5, 5.41) is 0. The summed E-state index contributed by atoms with van der Waals surface area (Å²) >= 11 is 0. The second-order valence-corrected chi connectivity index (χ2v) is 5.14. The van der Waals surface area contributed by atoms with E-state index in [9.17, 15) is 4.57 Å². The fourth-order valence-corrected chi connectivity index (χ4v) is 2.41. The molecule has 0 aliphatic rings. The number of benzene rings is 2. The highest BCUT2D eigenvalue weighted by atomic mass is 31.2. The van der Waals surface area contributed by atoms with E-state index in [1.807, 2.05) is 0 Å². The smallest absolute Gasteiger partial charge is 0.395 e. The van der Waals surface area contributed by atoms with Gasteiger partial charge in [-0.1, -0.05) is 49.6 Å². The molecule has 2 aromatic carbocycles. The minimum absolute atomic E-state index is 0.0630. The predicted molar refractivity (Wildman–Crippen MR) is 82.6 cm³/mol. The van der Waals surface area contributed by atoms with Crippen LogP contribution >= 0.6 is 7.82 Å². The normalized spacial score (nSPS) is 20.1. The number of phosphoric acid groups is 1. The molecule has 2 rings (SSSR count). The maximum atomic E-state index is 13.3. The van der Waals surface area contributed by atoms with Gasteiger partial charge < -0.3 is 9.05 Å². The molecule has 0 unspecified atom stereocenters. The monoisotopic (exact) mass is 315 g/mol. The molecular formula is C16H19O4P. The van der Waals surface area contributed by atoms with E-state index in [-0.39, 0.29) is 11.5 Å². The Bertz CT molecular complexity index is 843. The lowest BCUT2D eigenvalue weighted by Crippen LogP contribution is -2.06. The van der Waals surface area contributed by atoms with E-state index in [1.165, 1.54) is 48.5 Å². The van der Waals surface area contributed by atoms with Crippen molar-refractivity contribution in [3.05, 3.63) is 60.7 Å². The van der Waals surface area contributed by atoms with Crippen LogP contribution in [0.25, 0.3) is 0 Å². The average Bonchev–Trinajstić information content (AvgIpc) is 2.61. The van der Waals surface area contributed by atoms with Gasteiger partial charge in [0.1, 0.15) is 11.5 Å². The molecule has 0 N–H and O–H groups in total. The molecule has 0 saturated carbocycles. The van der Waals surface area contributed by atoms with Crippen molar-refractivity contribution in [3.8, 4) is 11.5 Å². The van der Waals surface area contributed by atoms with Crippen LogP contribution in [-0.4, -0.2) is 6.56 Å². The quantitative estimate of drug-likeness (QED) is 0.638. The van der Waals surface area contributed by atoms with Crippen LogP contribution in [0.5, 0.6) is 11.5 Å². The van der Waals surface area contributed by atoms with Gasteiger partial charge in [0.2, 0.25) is 0 Å². The van der Waals surface area contributed by atoms with Crippen LogP contribution in [0.15, 0.2) is 60.7 Å². The Morgan fingerprint density at radius 2 is 1.52 bits per heavy atom. The van der Waals surface area contributed by atoms with Crippen LogP contribution in [0.4, 0.5) is 0 Å². The molecule has 0 atom stereocenters. The van der Waals surface area contributed by atoms with Gasteiger partial charge in [0.25, 0.3) is 0 Å². The summed E-state index contributed by atoms with van der Waals surface area (Å²) in [7, 11) is -4.97. The number of hydrogen-bond acceptors (Lipinski definition) is 4. The van der Waals surface area contributed by atoms with Crippen LogP contribution in [0, 0.1) is 0 Å². The molecule has 112 valence electrons. The van der Waals surface area contributed by atoms with E-state index in [1.54, 1.807) is 12.1 Å². The molecule has 4 nitrogen and oxygen atoms in total. The predicted octanol–water partition coefficient (Wildman–Crippen LogP) is 5.07. The molecule has 0 fully saturated rings. The fourth-order valence-electron chi connectivity index (χ4n) is 1.38. The van der Waals surface area contributed by atoms with E-state index in [0.29, 0.717) is 0 Å². The number of phosphoric ester groups is 1. The Morgan fingerprint density at radius 3 is 2.00 bits per heavy atom. The first-order valence-corrected chi connectivity index (χ1v) is 7.37.